The van der Waals surface area contributed by atoms with Crippen LogP contribution in [0.3, 0.4) is 0 Å². The highest BCUT2D eigenvalue weighted by Gasteiger charge is 2.21. The van der Waals surface area contributed by atoms with E-state index in [0.717, 1.165) is 52.5 Å². The number of hydrogen-bond donors (Lipinski definition) is 3. The minimum atomic E-state index is -0.365. The number of rotatable bonds is 12. The van der Waals surface area contributed by atoms with Crippen molar-refractivity contribution in [1.29, 1.82) is 0 Å². The Morgan fingerprint density at radius 3 is 2.65 bits per heavy atom. The lowest BCUT2D eigenvalue weighted by molar-refractivity contribution is -0.122. The van der Waals surface area contributed by atoms with Gasteiger partial charge in [0.05, 0.1) is 41.6 Å². The minimum Gasteiger partial charge on any atom is -0.480 e. The van der Waals surface area contributed by atoms with Crippen LogP contribution in [0.1, 0.15) is 44.0 Å². The van der Waals surface area contributed by atoms with Gasteiger partial charge in [0.15, 0.2) is 0 Å². The van der Waals surface area contributed by atoms with Crippen molar-refractivity contribution >= 4 is 33.8 Å². The second-order valence-corrected chi connectivity index (χ2v) is 9.55. The number of amides is 2. The second-order valence-electron chi connectivity index (χ2n) is 9.55. The first-order chi connectivity index (χ1) is 19.6. The van der Waals surface area contributed by atoms with Gasteiger partial charge >= 0.3 is 0 Å². The van der Waals surface area contributed by atoms with Gasteiger partial charge in [-0.25, -0.2) is 14.6 Å². The second kappa shape index (κ2) is 12.4. The van der Waals surface area contributed by atoms with Crippen LogP contribution in [0, 0.1) is 0 Å². The maximum atomic E-state index is 13.2. The van der Waals surface area contributed by atoms with E-state index >= 15 is 0 Å². The van der Waals surface area contributed by atoms with E-state index in [4.69, 9.17) is 4.74 Å². The topological polar surface area (TPSA) is 140 Å². The molecule has 0 saturated heterocycles. The van der Waals surface area contributed by atoms with Crippen molar-refractivity contribution in [2.24, 2.45) is 0 Å². The molecule has 0 aliphatic rings. The van der Waals surface area contributed by atoms with Crippen LogP contribution < -0.4 is 15.4 Å². The standard InChI is InChI=1S/C29H32N8O3/c1-30-26(38)15-5-3-4-13-23(32-27(39)18-37-25-14-9-8-12-22(25)35-36-37)28-31-17-24(33-28)20-16-19-10-6-7-11-21(19)34-29(20)40-2/h6-12,14,16-17,23H,3-5,13,15,18H2,1-2H3,(H,30,38)(H,31,33)(H,32,39)/t23-/m0/s1. The summed E-state index contributed by atoms with van der Waals surface area (Å²) < 4.78 is 7.17. The highest BCUT2D eigenvalue weighted by molar-refractivity contribution is 5.85. The number of H-pyrrole nitrogens is 1. The van der Waals surface area contributed by atoms with E-state index in [1.807, 2.05) is 54.6 Å². The van der Waals surface area contributed by atoms with Gasteiger partial charge in [0, 0.05) is 18.9 Å². The highest BCUT2D eigenvalue weighted by atomic mass is 16.5. The first-order valence-corrected chi connectivity index (χ1v) is 13.3. The summed E-state index contributed by atoms with van der Waals surface area (Å²) in [5.74, 6) is 0.947. The molecular weight excluding hydrogens is 508 g/mol. The number of unbranched alkanes of at least 4 members (excludes halogenated alkanes) is 2. The van der Waals surface area contributed by atoms with Gasteiger partial charge in [-0.2, -0.15) is 0 Å². The molecule has 5 rings (SSSR count). The molecule has 1 atom stereocenters. The summed E-state index contributed by atoms with van der Waals surface area (Å²) in [4.78, 5) is 37.4. The van der Waals surface area contributed by atoms with E-state index in [0.29, 0.717) is 24.5 Å². The van der Waals surface area contributed by atoms with Gasteiger partial charge in [-0.1, -0.05) is 48.4 Å². The Labute approximate surface area is 231 Å². The van der Waals surface area contributed by atoms with Gasteiger partial charge in [0.1, 0.15) is 17.9 Å². The number of hydrogen-bond acceptors (Lipinski definition) is 7. The van der Waals surface area contributed by atoms with E-state index in [1.165, 1.54) is 0 Å². The Balaban J connectivity index is 1.35. The summed E-state index contributed by atoms with van der Waals surface area (Å²) in [5, 5.41) is 15.0. The van der Waals surface area contributed by atoms with Crippen molar-refractivity contribution in [3.8, 4) is 17.1 Å². The van der Waals surface area contributed by atoms with Crippen LogP contribution in [-0.4, -0.2) is 55.9 Å². The lowest BCUT2D eigenvalue weighted by Crippen LogP contribution is -2.32. The molecular formula is C29H32N8O3. The zero-order valence-electron chi connectivity index (χ0n) is 22.6. The van der Waals surface area contributed by atoms with Crippen molar-refractivity contribution < 1.29 is 14.3 Å². The zero-order chi connectivity index (χ0) is 27.9. The molecule has 0 radical (unpaired) electrons. The first-order valence-electron chi connectivity index (χ1n) is 13.3. The monoisotopic (exact) mass is 540 g/mol. The molecule has 206 valence electrons. The van der Waals surface area contributed by atoms with Crippen LogP contribution in [0.25, 0.3) is 33.2 Å². The highest BCUT2D eigenvalue weighted by Crippen LogP contribution is 2.31. The molecule has 11 nitrogen and oxygen atoms in total. The largest absolute Gasteiger partial charge is 0.480 e. The summed E-state index contributed by atoms with van der Waals surface area (Å²) in [6.45, 7) is 0.0314. The van der Waals surface area contributed by atoms with Gasteiger partial charge in [-0.3, -0.25) is 9.59 Å². The number of pyridine rings is 1. The number of aromatic amines is 1. The molecule has 2 amide bonds. The van der Waals surface area contributed by atoms with E-state index < -0.39 is 0 Å². The van der Waals surface area contributed by atoms with Crippen LogP contribution in [0.2, 0.25) is 0 Å². The molecule has 0 aliphatic heterocycles. The van der Waals surface area contributed by atoms with Gasteiger partial charge in [0.25, 0.3) is 0 Å². The van der Waals surface area contributed by atoms with Gasteiger partial charge in [0.2, 0.25) is 17.7 Å². The van der Waals surface area contributed by atoms with Gasteiger partial charge in [-0.05, 0) is 37.1 Å². The molecule has 0 saturated carbocycles. The molecule has 0 spiro atoms. The molecule has 2 aromatic carbocycles. The third kappa shape index (κ3) is 6.09. The van der Waals surface area contributed by atoms with Crippen LogP contribution in [0.15, 0.2) is 60.8 Å². The molecule has 0 aliphatic carbocycles. The molecule has 0 unspecified atom stereocenters. The Kier molecular flexibility index (Phi) is 8.29. The Bertz CT molecular complexity index is 1630. The fourth-order valence-electron chi connectivity index (χ4n) is 4.72. The van der Waals surface area contributed by atoms with Gasteiger partial charge < -0.3 is 20.4 Å². The predicted octanol–water partition coefficient (Wildman–Crippen LogP) is 3.93. The average Bonchev–Trinajstić information content (AvgIpc) is 3.63. The lowest BCUT2D eigenvalue weighted by atomic mass is 10.1. The van der Waals surface area contributed by atoms with Crippen LogP contribution in [0.4, 0.5) is 0 Å². The van der Waals surface area contributed by atoms with Crippen LogP contribution >= 0.6 is 0 Å². The number of aromatic nitrogens is 6. The van der Waals surface area contributed by atoms with Crippen molar-refractivity contribution in [2.45, 2.75) is 44.7 Å². The number of para-hydroxylation sites is 2. The Morgan fingerprint density at radius 1 is 1.02 bits per heavy atom. The fraction of sp³-hybridized carbons (Fsp3) is 0.310. The van der Waals surface area contributed by atoms with Gasteiger partial charge in [-0.15, -0.1) is 5.10 Å². The molecule has 11 heteroatoms. The average molecular weight is 541 g/mol. The number of imidazole rings is 1. The summed E-state index contributed by atoms with van der Waals surface area (Å²) in [7, 11) is 3.23. The Morgan fingerprint density at radius 2 is 1.82 bits per heavy atom. The summed E-state index contributed by atoms with van der Waals surface area (Å²) in [5.41, 5.74) is 3.89. The number of ether oxygens (including phenoxy) is 1. The summed E-state index contributed by atoms with van der Waals surface area (Å²) >= 11 is 0. The number of carbonyl (C=O) groups is 2. The van der Waals surface area contributed by atoms with Crippen molar-refractivity contribution in [3.05, 3.63) is 66.6 Å². The molecule has 3 aromatic heterocycles. The number of methoxy groups -OCH3 is 1. The Hall–Kier alpha value is -4.80. The zero-order valence-corrected chi connectivity index (χ0v) is 22.6. The summed E-state index contributed by atoms with van der Waals surface area (Å²) in [6, 6.07) is 17.0. The SMILES string of the molecule is CNC(=O)CCCCC[C@H](NC(=O)Cn1nnc2ccccc21)c1ncc(-c2cc3ccccc3nc2OC)[nH]1. The number of nitrogens with zero attached hydrogens (tertiary/aromatic N) is 5. The predicted molar refractivity (Wildman–Crippen MR) is 151 cm³/mol. The number of benzene rings is 2. The third-order valence-corrected chi connectivity index (χ3v) is 6.82. The first kappa shape index (κ1) is 26.8. The van der Waals surface area contributed by atoms with E-state index in [9.17, 15) is 9.59 Å². The van der Waals surface area contributed by atoms with Crippen LogP contribution in [0.5, 0.6) is 5.88 Å². The lowest BCUT2D eigenvalue weighted by Gasteiger charge is -2.17. The van der Waals surface area contributed by atoms with E-state index in [-0.39, 0.29) is 24.4 Å². The number of nitrogens with one attached hydrogen (secondary N) is 3. The maximum absolute atomic E-state index is 13.2. The molecule has 3 N–H and O–H groups in total. The quantitative estimate of drug-likeness (QED) is 0.204. The van der Waals surface area contributed by atoms with Crippen LogP contribution in [-0.2, 0) is 16.1 Å². The minimum absolute atomic E-state index is 0.0264. The molecule has 0 bridgehead atoms. The number of fused-ring (bicyclic) bond motifs is 2. The van der Waals surface area contributed by atoms with Crippen molar-refractivity contribution in [1.82, 2.24) is 40.6 Å². The maximum Gasteiger partial charge on any atom is 0.242 e. The normalized spacial score (nSPS) is 11.9. The van der Waals surface area contributed by atoms with E-state index in [1.54, 1.807) is 25.0 Å². The van der Waals surface area contributed by atoms with Crippen molar-refractivity contribution in [3.63, 3.8) is 0 Å². The smallest absolute Gasteiger partial charge is 0.242 e. The molecule has 0 fully saturated rings. The fourth-order valence-corrected chi connectivity index (χ4v) is 4.72. The molecule has 40 heavy (non-hydrogen) atoms. The number of carbonyl (C=O) groups excluding carboxylic acids is 2. The van der Waals surface area contributed by atoms with Crippen molar-refractivity contribution in [2.75, 3.05) is 14.2 Å². The molecule has 5 aromatic rings. The van der Waals surface area contributed by atoms with E-state index in [2.05, 4.69) is 35.9 Å². The molecule has 3 heterocycles. The summed E-state index contributed by atoms with van der Waals surface area (Å²) in [6.07, 6.45) is 5.30. The third-order valence-electron chi connectivity index (χ3n) is 6.82.